The van der Waals surface area contributed by atoms with E-state index in [0.29, 0.717) is 8.67 Å². The topological polar surface area (TPSA) is 55.2 Å². The number of hydrogen-bond donors (Lipinski definition) is 1. The average molecular weight is 345 g/mol. The molecule has 2 aromatic rings. The summed E-state index contributed by atoms with van der Waals surface area (Å²) in [6, 6.07) is 8.39. The molecule has 0 bridgehead atoms. The lowest BCUT2D eigenvalue weighted by Crippen LogP contribution is -2.22. The zero-order chi connectivity index (χ0) is 15.6. The summed E-state index contributed by atoms with van der Waals surface area (Å²) in [5.74, 6) is 0. The smallest absolute Gasteiger partial charge is 0.269 e. The van der Waals surface area contributed by atoms with E-state index in [1.54, 1.807) is 12.1 Å². The summed E-state index contributed by atoms with van der Waals surface area (Å²) in [4.78, 5) is 10.4. The van der Waals surface area contributed by atoms with Gasteiger partial charge in [-0.05, 0) is 31.0 Å². The van der Waals surface area contributed by atoms with E-state index in [1.807, 2.05) is 26.0 Å². The van der Waals surface area contributed by atoms with Crippen molar-refractivity contribution in [3.8, 4) is 0 Å². The second kappa shape index (κ2) is 6.75. The van der Waals surface area contributed by atoms with Gasteiger partial charge in [-0.1, -0.05) is 35.3 Å². The fraction of sp³-hybridized carbons (Fsp3) is 0.286. The number of hydrogen-bond acceptors (Lipinski definition) is 4. The van der Waals surface area contributed by atoms with Crippen LogP contribution < -0.4 is 5.32 Å². The minimum atomic E-state index is -0.394. The van der Waals surface area contributed by atoms with Gasteiger partial charge in [-0.3, -0.25) is 10.1 Å². The molecule has 4 nitrogen and oxygen atoms in total. The summed E-state index contributed by atoms with van der Waals surface area (Å²) >= 11 is 13.4. The first-order chi connectivity index (χ1) is 9.88. The van der Waals surface area contributed by atoms with Gasteiger partial charge >= 0.3 is 0 Å². The molecule has 112 valence electrons. The molecule has 0 aliphatic carbocycles. The number of rotatable bonds is 5. The van der Waals surface area contributed by atoms with Gasteiger partial charge in [0.25, 0.3) is 5.69 Å². The number of nitro benzene ring substituents is 1. The normalized spacial score (nSPS) is 13.9. The fourth-order valence-electron chi connectivity index (χ4n) is 2.12. The lowest BCUT2D eigenvalue weighted by Gasteiger charge is -2.20. The average Bonchev–Trinajstić information content (AvgIpc) is 2.77. The van der Waals surface area contributed by atoms with Crippen LogP contribution in [0.1, 0.15) is 37.1 Å². The molecule has 0 aliphatic rings. The highest BCUT2D eigenvalue weighted by Gasteiger charge is 2.17. The maximum absolute atomic E-state index is 10.8. The lowest BCUT2D eigenvalue weighted by atomic mass is 10.1. The number of non-ortho nitro benzene ring substituents is 1. The van der Waals surface area contributed by atoms with Crippen molar-refractivity contribution in [2.75, 3.05) is 0 Å². The van der Waals surface area contributed by atoms with E-state index < -0.39 is 4.92 Å². The minimum Gasteiger partial charge on any atom is -0.304 e. The van der Waals surface area contributed by atoms with Crippen molar-refractivity contribution < 1.29 is 4.92 Å². The van der Waals surface area contributed by atoms with Gasteiger partial charge in [-0.25, -0.2) is 0 Å². The van der Waals surface area contributed by atoms with Crippen LogP contribution >= 0.6 is 34.5 Å². The van der Waals surface area contributed by atoms with E-state index in [9.17, 15) is 10.1 Å². The molecular formula is C14H14Cl2N2O2S. The van der Waals surface area contributed by atoms with Crippen molar-refractivity contribution in [2.24, 2.45) is 0 Å². The van der Waals surface area contributed by atoms with E-state index in [4.69, 9.17) is 23.2 Å². The highest BCUT2D eigenvalue weighted by Crippen LogP contribution is 2.35. The number of thiophene rings is 1. The van der Waals surface area contributed by atoms with Gasteiger partial charge in [0.15, 0.2) is 0 Å². The Labute approximate surface area is 136 Å². The van der Waals surface area contributed by atoms with Crippen molar-refractivity contribution in [1.29, 1.82) is 0 Å². The molecule has 1 aromatic carbocycles. The fourth-order valence-corrected chi connectivity index (χ4v) is 3.76. The van der Waals surface area contributed by atoms with Crippen LogP contribution in [0.2, 0.25) is 8.67 Å². The van der Waals surface area contributed by atoms with Crippen molar-refractivity contribution in [3.63, 3.8) is 0 Å². The van der Waals surface area contributed by atoms with Gasteiger partial charge in [0.2, 0.25) is 0 Å². The van der Waals surface area contributed by atoms with Crippen molar-refractivity contribution >= 4 is 40.2 Å². The summed E-state index contributed by atoms with van der Waals surface area (Å²) in [6.45, 7) is 3.94. The Morgan fingerprint density at radius 1 is 1.24 bits per heavy atom. The van der Waals surface area contributed by atoms with Crippen LogP contribution in [0.25, 0.3) is 0 Å². The summed E-state index contributed by atoms with van der Waals surface area (Å²) in [5.41, 5.74) is 1.88. The summed E-state index contributed by atoms with van der Waals surface area (Å²) in [7, 11) is 0. The summed E-state index contributed by atoms with van der Waals surface area (Å²) in [6.07, 6.45) is 0. The highest BCUT2D eigenvalue weighted by molar-refractivity contribution is 7.20. The first-order valence-electron chi connectivity index (χ1n) is 6.33. The SMILES string of the molecule is CC(NC(C)c1cc(Cl)sc1Cl)c1cccc([N+](=O)[O-])c1. The molecule has 2 rings (SSSR count). The molecule has 0 saturated carbocycles. The Kier molecular flexibility index (Phi) is 5.22. The third kappa shape index (κ3) is 3.95. The number of benzene rings is 1. The third-order valence-electron chi connectivity index (χ3n) is 3.23. The quantitative estimate of drug-likeness (QED) is 0.585. The first kappa shape index (κ1) is 16.2. The van der Waals surface area contributed by atoms with Crippen LogP contribution in [-0.4, -0.2) is 4.92 Å². The number of nitrogens with one attached hydrogen (secondary N) is 1. The van der Waals surface area contributed by atoms with E-state index in [0.717, 1.165) is 11.1 Å². The van der Waals surface area contributed by atoms with Crippen LogP contribution in [-0.2, 0) is 0 Å². The number of nitro groups is 1. The molecule has 1 aromatic heterocycles. The molecule has 2 atom stereocenters. The van der Waals surface area contributed by atoms with Gasteiger partial charge in [-0.15, -0.1) is 11.3 Å². The predicted octanol–water partition coefficient (Wildman–Crippen LogP) is 5.37. The molecule has 0 fully saturated rings. The molecule has 1 N–H and O–H groups in total. The van der Waals surface area contributed by atoms with E-state index in [-0.39, 0.29) is 17.8 Å². The molecule has 0 saturated heterocycles. The van der Waals surface area contributed by atoms with Crippen LogP contribution in [0.3, 0.4) is 0 Å². The predicted molar refractivity (Wildman–Crippen MR) is 87.4 cm³/mol. The van der Waals surface area contributed by atoms with Crippen LogP contribution in [0.15, 0.2) is 30.3 Å². The number of halogens is 2. The summed E-state index contributed by atoms with van der Waals surface area (Å²) in [5, 5.41) is 14.2. The monoisotopic (exact) mass is 344 g/mol. The van der Waals surface area contributed by atoms with Crippen LogP contribution in [0.5, 0.6) is 0 Å². The number of nitrogens with zero attached hydrogens (tertiary/aromatic N) is 1. The van der Waals surface area contributed by atoms with Gasteiger partial charge < -0.3 is 5.32 Å². The molecule has 1 heterocycles. The van der Waals surface area contributed by atoms with Gasteiger partial charge in [0.1, 0.15) is 0 Å². The molecule has 7 heteroatoms. The lowest BCUT2D eigenvalue weighted by molar-refractivity contribution is -0.384. The Morgan fingerprint density at radius 2 is 1.95 bits per heavy atom. The van der Waals surface area contributed by atoms with Crippen molar-refractivity contribution in [1.82, 2.24) is 5.32 Å². The minimum absolute atomic E-state index is 0.00416. The summed E-state index contributed by atoms with van der Waals surface area (Å²) < 4.78 is 1.30. The van der Waals surface area contributed by atoms with E-state index in [2.05, 4.69) is 5.32 Å². The molecule has 0 aliphatic heterocycles. The standard InChI is InChI=1S/C14H14Cl2N2O2S/c1-8(10-4-3-5-11(6-10)18(19)20)17-9(2)12-7-13(15)21-14(12)16/h3-9,17H,1-2H3. The van der Waals surface area contributed by atoms with Crippen LogP contribution in [0.4, 0.5) is 5.69 Å². The van der Waals surface area contributed by atoms with Gasteiger partial charge in [0, 0.05) is 24.2 Å². The zero-order valence-electron chi connectivity index (χ0n) is 11.5. The van der Waals surface area contributed by atoms with Crippen molar-refractivity contribution in [2.45, 2.75) is 25.9 Å². The molecule has 0 radical (unpaired) electrons. The molecule has 21 heavy (non-hydrogen) atoms. The largest absolute Gasteiger partial charge is 0.304 e. The second-order valence-corrected chi connectivity index (χ2v) is 7.03. The van der Waals surface area contributed by atoms with E-state index in [1.165, 1.54) is 17.4 Å². The van der Waals surface area contributed by atoms with Crippen molar-refractivity contribution in [3.05, 3.63) is 60.2 Å². The maximum atomic E-state index is 10.8. The molecular weight excluding hydrogens is 331 g/mol. The Hall–Kier alpha value is -1.14. The van der Waals surface area contributed by atoms with E-state index >= 15 is 0 Å². The Morgan fingerprint density at radius 3 is 2.52 bits per heavy atom. The Balaban J connectivity index is 2.14. The molecule has 2 unspecified atom stereocenters. The van der Waals surface area contributed by atoms with Crippen LogP contribution in [0, 0.1) is 10.1 Å². The molecule has 0 spiro atoms. The maximum Gasteiger partial charge on any atom is 0.269 e. The second-order valence-electron chi connectivity index (χ2n) is 4.74. The highest BCUT2D eigenvalue weighted by atomic mass is 35.5. The van der Waals surface area contributed by atoms with Gasteiger partial charge in [-0.2, -0.15) is 0 Å². The zero-order valence-corrected chi connectivity index (χ0v) is 13.8. The van der Waals surface area contributed by atoms with Gasteiger partial charge in [0.05, 0.1) is 13.6 Å². The molecule has 0 amide bonds. The third-order valence-corrected chi connectivity index (χ3v) is 4.75. The first-order valence-corrected chi connectivity index (χ1v) is 7.91. The Bertz CT molecular complexity index is 660.